The molecule has 0 aliphatic heterocycles. The van der Waals surface area contributed by atoms with Crippen molar-refractivity contribution in [1.82, 2.24) is 9.55 Å². The summed E-state index contributed by atoms with van der Waals surface area (Å²) in [5.74, 6) is -1.38. The second-order valence-electron chi connectivity index (χ2n) is 9.33. The zero-order chi connectivity index (χ0) is 33.1. The summed E-state index contributed by atoms with van der Waals surface area (Å²) in [5.41, 5.74) is 5.41. The molecule has 0 spiro atoms. The number of nitrogens with two attached hydrogens (primary N) is 1. The van der Waals surface area contributed by atoms with Crippen LogP contribution in [-0.2, 0) is 28.5 Å². The van der Waals surface area contributed by atoms with Crippen molar-refractivity contribution in [3.05, 3.63) is 102 Å². The van der Waals surface area contributed by atoms with Crippen molar-refractivity contribution in [2.75, 3.05) is 6.26 Å². The number of imidazole rings is 1. The number of allylic oxidation sites excluding steroid dienone is 1. The molecular formula is C29H23F7N4O4S. The number of ether oxygens (including phenoxy) is 1. The number of alkyl halides is 6. The van der Waals surface area contributed by atoms with Crippen LogP contribution < -0.4 is 10.5 Å². The lowest BCUT2D eigenvalue weighted by molar-refractivity contribution is -0.274. The van der Waals surface area contributed by atoms with Gasteiger partial charge in [-0.05, 0) is 78.9 Å². The van der Waals surface area contributed by atoms with Gasteiger partial charge in [0, 0.05) is 28.5 Å². The Balaban J connectivity index is 1.95. The van der Waals surface area contributed by atoms with Crippen molar-refractivity contribution in [3.63, 3.8) is 0 Å². The van der Waals surface area contributed by atoms with Crippen LogP contribution in [0.3, 0.4) is 0 Å². The fourth-order valence-electron chi connectivity index (χ4n) is 4.36. The molecule has 0 fully saturated rings. The number of benzene rings is 3. The van der Waals surface area contributed by atoms with Gasteiger partial charge < -0.3 is 15.0 Å². The summed E-state index contributed by atoms with van der Waals surface area (Å²) < 4.78 is 111. The van der Waals surface area contributed by atoms with E-state index in [0.29, 0.717) is 5.56 Å². The predicted molar refractivity (Wildman–Crippen MR) is 151 cm³/mol. The van der Waals surface area contributed by atoms with Gasteiger partial charge in [-0.1, -0.05) is 6.07 Å². The molecule has 4 rings (SSSR count). The molecule has 4 aromatic rings. The lowest BCUT2D eigenvalue weighted by atomic mass is 9.97. The van der Waals surface area contributed by atoms with Crippen molar-refractivity contribution in [2.24, 2.45) is 10.7 Å². The van der Waals surface area contributed by atoms with Crippen LogP contribution in [0.1, 0.15) is 22.6 Å². The molecule has 1 aromatic heterocycles. The van der Waals surface area contributed by atoms with Gasteiger partial charge in [-0.25, -0.2) is 19.3 Å². The van der Waals surface area contributed by atoms with Gasteiger partial charge in [0.2, 0.25) is 0 Å². The molecule has 1 atom stereocenters. The van der Waals surface area contributed by atoms with E-state index in [1.807, 2.05) is 0 Å². The summed E-state index contributed by atoms with van der Waals surface area (Å²) in [7, 11) is -1.71. The molecule has 8 nitrogen and oxygen atoms in total. The zero-order valence-corrected chi connectivity index (χ0v) is 24.1. The van der Waals surface area contributed by atoms with Gasteiger partial charge in [0.1, 0.15) is 24.0 Å². The van der Waals surface area contributed by atoms with Crippen LogP contribution in [-0.4, -0.2) is 37.3 Å². The first-order valence-electron chi connectivity index (χ1n) is 12.6. The van der Waals surface area contributed by atoms with Gasteiger partial charge in [-0.2, -0.15) is 13.2 Å². The number of rotatable bonds is 9. The summed E-state index contributed by atoms with van der Waals surface area (Å²) >= 11 is 0. The molecule has 0 saturated heterocycles. The van der Waals surface area contributed by atoms with Crippen molar-refractivity contribution in [3.8, 4) is 22.6 Å². The first-order valence-corrected chi connectivity index (χ1v) is 14.2. The van der Waals surface area contributed by atoms with E-state index in [1.165, 1.54) is 55.7 Å². The molecule has 45 heavy (non-hydrogen) atoms. The van der Waals surface area contributed by atoms with Gasteiger partial charge in [0.15, 0.2) is 5.69 Å². The molecule has 3 N–H and O–H groups in total. The van der Waals surface area contributed by atoms with Crippen LogP contribution in [0.15, 0.2) is 83.0 Å². The Morgan fingerprint density at radius 1 is 1.07 bits per heavy atom. The Morgan fingerprint density at radius 3 is 2.31 bits per heavy atom. The highest BCUT2D eigenvalue weighted by Crippen LogP contribution is 2.34. The molecule has 0 aliphatic rings. The average Bonchev–Trinajstić information content (AvgIpc) is 3.35. The van der Waals surface area contributed by atoms with Crippen LogP contribution >= 0.6 is 0 Å². The molecule has 1 unspecified atom stereocenters. The van der Waals surface area contributed by atoms with Crippen LogP contribution in [0.5, 0.6) is 5.75 Å². The van der Waals surface area contributed by atoms with Gasteiger partial charge >= 0.3 is 12.5 Å². The topological polar surface area (TPSA) is 112 Å². The molecule has 0 bridgehead atoms. The van der Waals surface area contributed by atoms with E-state index in [2.05, 4.69) is 19.6 Å². The molecule has 0 saturated carbocycles. The van der Waals surface area contributed by atoms with E-state index < -0.39 is 47.2 Å². The summed E-state index contributed by atoms with van der Waals surface area (Å²) in [5, 5.41) is 8.85. The fourth-order valence-corrected chi connectivity index (χ4v) is 5.16. The Labute approximate surface area is 253 Å². The largest absolute Gasteiger partial charge is 0.573 e. The van der Waals surface area contributed by atoms with E-state index in [9.17, 15) is 30.6 Å². The minimum atomic E-state index is -4.92. The third-order valence-corrected chi connectivity index (χ3v) is 7.27. The molecule has 238 valence electrons. The van der Waals surface area contributed by atoms with E-state index >= 15 is 4.39 Å². The van der Waals surface area contributed by atoms with Crippen molar-refractivity contribution >= 4 is 22.2 Å². The second kappa shape index (κ2) is 13.2. The highest BCUT2D eigenvalue weighted by Gasteiger charge is 2.35. The predicted octanol–water partition coefficient (Wildman–Crippen LogP) is 7.22. The number of aryl methyl sites for hydroxylation is 1. The van der Waals surface area contributed by atoms with Crippen molar-refractivity contribution in [2.45, 2.75) is 31.0 Å². The monoisotopic (exact) mass is 656 g/mol. The SMILES string of the molecule is Cc1nc(C(F)(F)F)cn1-c1ccc(-c2cc(F)c(COO)c(S(C)=O)c2)cc1C(C=CN)=Nc1ccc(OC(F)(F)F)cc1. The van der Waals surface area contributed by atoms with E-state index in [1.54, 1.807) is 0 Å². The van der Waals surface area contributed by atoms with E-state index in [-0.39, 0.29) is 44.5 Å². The van der Waals surface area contributed by atoms with Gasteiger partial charge in [0.05, 0.1) is 27.9 Å². The van der Waals surface area contributed by atoms with Gasteiger partial charge in [-0.15, -0.1) is 13.2 Å². The molecule has 3 aromatic carbocycles. The van der Waals surface area contributed by atoms with E-state index in [4.69, 9.17) is 11.0 Å². The maximum Gasteiger partial charge on any atom is 0.573 e. The maximum absolute atomic E-state index is 15.1. The molecule has 1 heterocycles. The van der Waals surface area contributed by atoms with Crippen LogP contribution in [0, 0.1) is 12.7 Å². The summed E-state index contributed by atoms with van der Waals surface area (Å²) in [6.07, 6.45) is -5.18. The Morgan fingerprint density at radius 2 is 1.76 bits per heavy atom. The van der Waals surface area contributed by atoms with Crippen molar-refractivity contribution in [1.29, 1.82) is 0 Å². The lowest BCUT2D eigenvalue weighted by Crippen LogP contribution is -2.16. The first kappa shape index (κ1) is 33.4. The highest BCUT2D eigenvalue weighted by atomic mass is 32.2. The number of nitrogens with zero attached hydrogens (tertiary/aromatic N) is 3. The standard InChI is InChI=1S/C29H23F7N4O4S/c1-16-38-27(28(31,32)33)14-40(16)25-8-3-17(18-12-23(30)22(15-43-41)26(13-18)45(2)42)11-21(25)24(9-10-37)39-19-4-6-20(7-5-19)44-29(34,35)36/h3-14,41H,15,37H2,1-2H3. The molecule has 0 amide bonds. The molecule has 0 aliphatic carbocycles. The van der Waals surface area contributed by atoms with Crippen LogP contribution in [0.25, 0.3) is 16.8 Å². The third-order valence-electron chi connectivity index (χ3n) is 6.29. The van der Waals surface area contributed by atoms with Crippen LogP contribution in [0.4, 0.5) is 36.4 Å². The normalized spacial score (nSPS) is 13.4. The fraction of sp³-hybridized carbons (Fsp3) is 0.172. The van der Waals surface area contributed by atoms with E-state index in [0.717, 1.165) is 35.2 Å². The number of aromatic nitrogens is 2. The van der Waals surface area contributed by atoms with Crippen LogP contribution in [0.2, 0.25) is 0 Å². The minimum Gasteiger partial charge on any atom is -0.406 e. The number of halogens is 7. The number of hydrogen-bond donors (Lipinski definition) is 2. The zero-order valence-electron chi connectivity index (χ0n) is 23.3. The quantitative estimate of drug-likeness (QED) is 0.0852. The molecular weight excluding hydrogens is 633 g/mol. The third kappa shape index (κ3) is 7.95. The Kier molecular flexibility index (Phi) is 9.79. The van der Waals surface area contributed by atoms with Gasteiger partial charge in [0.25, 0.3) is 0 Å². The number of hydrogen-bond acceptors (Lipinski definition) is 7. The lowest BCUT2D eigenvalue weighted by Gasteiger charge is -2.16. The smallest absolute Gasteiger partial charge is 0.406 e. The number of aliphatic imine (C=N–C) groups is 1. The Bertz CT molecular complexity index is 1780. The molecule has 16 heteroatoms. The van der Waals surface area contributed by atoms with Crippen molar-refractivity contribution < 1.29 is 49.8 Å². The summed E-state index contributed by atoms with van der Waals surface area (Å²) in [6.45, 7) is 0.777. The minimum absolute atomic E-state index is 0.0295. The van der Waals surface area contributed by atoms with Gasteiger partial charge in [-0.3, -0.25) is 9.47 Å². The maximum atomic E-state index is 15.1. The highest BCUT2D eigenvalue weighted by molar-refractivity contribution is 7.84. The molecule has 0 radical (unpaired) electrons. The second-order valence-corrected chi connectivity index (χ2v) is 10.7. The average molecular weight is 657 g/mol. The summed E-state index contributed by atoms with van der Waals surface area (Å²) in [4.78, 5) is 12.1. The summed E-state index contributed by atoms with van der Waals surface area (Å²) in [6, 6.07) is 11.4. The Hall–Kier alpha value is -4.54. The first-order chi connectivity index (χ1) is 21.1.